The van der Waals surface area contributed by atoms with Gasteiger partial charge in [0, 0.05) is 33.8 Å². The molecule has 0 saturated carbocycles. The van der Waals surface area contributed by atoms with Crippen LogP contribution in [0.3, 0.4) is 0 Å². The molecule has 10 aromatic carbocycles. The Morgan fingerprint density at radius 2 is 0.781 bits per heavy atom. The molecule has 0 bridgehead atoms. The number of anilines is 6. The van der Waals surface area contributed by atoms with Crippen molar-refractivity contribution in [2.75, 3.05) is 9.80 Å². The Morgan fingerprint density at radius 1 is 0.342 bits per heavy atom. The summed E-state index contributed by atoms with van der Waals surface area (Å²) in [7, 11) is -3.06. The molecule has 0 N–H and O–H groups in total. The Morgan fingerprint density at radius 3 is 1.27 bits per heavy atom. The summed E-state index contributed by atoms with van der Waals surface area (Å²) in [5, 5.41) is 7.89. The summed E-state index contributed by atoms with van der Waals surface area (Å²) in [6.45, 7) is 23.7. The van der Waals surface area contributed by atoms with E-state index in [0.717, 1.165) is 22.7 Å². The van der Waals surface area contributed by atoms with Crippen molar-refractivity contribution in [1.29, 1.82) is 0 Å². The maximum absolute atomic E-state index is 2.59. The van der Waals surface area contributed by atoms with E-state index in [2.05, 4.69) is 283 Å². The molecule has 0 aliphatic heterocycles. The Bertz CT molecular complexity index is 3700. The molecule has 2 aliphatic rings. The summed E-state index contributed by atoms with van der Waals surface area (Å²) in [5.41, 5.74) is 19.7. The van der Waals surface area contributed by atoms with Crippen molar-refractivity contribution in [3.8, 4) is 22.3 Å². The van der Waals surface area contributed by atoms with Crippen LogP contribution in [0.15, 0.2) is 206 Å². The Hall–Kier alpha value is -7.25. The zero-order chi connectivity index (χ0) is 50.6. The minimum atomic E-state index is -1.55. The molecule has 10 aromatic rings. The van der Waals surface area contributed by atoms with Gasteiger partial charge >= 0.3 is 0 Å². The van der Waals surface area contributed by atoms with Crippen LogP contribution in [0.25, 0.3) is 43.8 Å². The van der Waals surface area contributed by atoms with Crippen molar-refractivity contribution in [1.82, 2.24) is 0 Å². The third kappa shape index (κ3) is 7.64. The van der Waals surface area contributed by atoms with Gasteiger partial charge in [-0.05, 0) is 162 Å². The van der Waals surface area contributed by atoms with Crippen LogP contribution < -0.4 is 20.2 Å². The lowest BCUT2D eigenvalue weighted by atomic mass is 9.70. The van der Waals surface area contributed by atoms with Crippen LogP contribution in [0.5, 0.6) is 0 Å². The van der Waals surface area contributed by atoms with E-state index in [0.29, 0.717) is 11.8 Å². The molecule has 1 spiro atoms. The first kappa shape index (κ1) is 46.8. The number of hydrogen-bond acceptors (Lipinski definition) is 2. The monoisotopic (exact) mass is 978 g/mol. The van der Waals surface area contributed by atoms with Crippen molar-refractivity contribution in [2.24, 2.45) is 0 Å². The molecule has 0 aromatic heterocycles. The van der Waals surface area contributed by atoms with E-state index in [1.54, 1.807) is 0 Å². The quantitative estimate of drug-likeness (QED) is 0.126. The zero-order valence-electron chi connectivity index (χ0n) is 44.2. The molecular weight excluding hydrogens is 913 g/mol. The highest BCUT2D eigenvalue weighted by molar-refractivity contribution is 6.89. The summed E-state index contributed by atoms with van der Waals surface area (Å²) < 4.78 is 0. The van der Waals surface area contributed by atoms with Gasteiger partial charge in [-0.3, -0.25) is 0 Å². The van der Waals surface area contributed by atoms with Gasteiger partial charge in [0.05, 0.1) is 27.3 Å². The first-order chi connectivity index (χ1) is 35.1. The van der Waals surface area contributed by atoms with Gasteiger partial charge in [-0.15, -0.1) is 0 Å². The lowest BCUT2D eigenvalue weighted by Crippen LogP contribution is -2.37. The van der Waals surface area contributed by atoms with E-state index in [4.69, 9.17) is 0 Å². The second-order valence-electron chi connectivity index (χ2n) is 23.4. The highest BCUT2D eigenvalue weighted by Gasteiger charge is 2.52. The molecule has 0 saturated heterocycles. The van der Waals surface area contributed by atoms with Crippen LogP contribution in [0, 0.1) is 0 Å². The fourth-order valence-corrected chi connectivity index (χ4v) is 14.5. The average Bonchev–Trinajstić information content (AvgIpc) is 3.88. The Labute approximate surface area is 435 Å². The van der Waals surface area contributed by atoms with Gasteiger partial charge in [0.1, 0.15) is 0 Å². The van der Waals surface area contributed by atoms with E-state index >= 15 is 0 Å². The second-order valence-corrected chi connectivity index (χ2v) is 33.5. The van der Waals surface area contributed by atoms with E-state index in [1.807, 2.05) is 0 Å². The molecule has 360 valence electrons. The van der Waals surface area contributed by atoms with Gasteiger partial charge in [0.25, 0.3) is 0 Å². The molecule has 73 heavy (non-hydrogen) atoms. The minimum absolute atomic E-state index is 0.437. The van der Waals surface area contributed by atoms with Gasteiger partial charge < -0.3 is 9.80 Å². The Balaban J connectivity index is 1.13. The van der Waals surface area contributed by atoms with Crippen LogP contribution in [0.2, 0.25) is 39.3 Å². The van der Waals surface area contributed by atoms with Gasteiger partial charge in [0.15, 0.2) is 0 Å². The van der Waals surface area contributed by atoms with E-state index in [-0.39, 0.29) is 0 Å². The molecule has 0 atom stereocenters. The van der Waals surface area contributed by atoms with E-state index in [9.17, 15) is 0 Å². The lowest BCUT2D eigenvalue weighted by Gasteiger charge is -2.33. The highest BCUT2D eigenvalue weighted by Crippen LogP contribution is 2.65. The molecule has 12 rings (SSSR count). The molecule has 0 fully saturated rings. The third-order valence-corrected chi connectivity index (χ3v) is 20.3. The molecular formula is C69H66N2Si2. The summed E-state index contributed by atoms with van der Waals surface area (Å²) in [4.78, 5) is 4.99. The summed E-state index contributed by atoms with van der Waals surface area (Å²) in [6, 6.07) is 79.9. The van der Waals surface area contributed by atoms with Gasteiger partial charge in [-0.2, -0.15) is 0 Å². The van der Waals surface area contributed by atoms with Crippen molar-refractivity contribution in [2.45, 2.75) is 84.2 Å². The maximum atomic E-state index is 2.59. The average molecular weight is 979 g/mol. The standard InChI is InChI=1S/C69H66N2Si2/c1-45(2)47-23-28-51(29-24-47)70(52-33-37-56(38-34-52)72(5,6)7)55-32-27-49-42-62-65(43-50(49)41-55)69(63-21-15-13-17-58(63)59-18-14-16-22-64(59)69)66-44-67(60-19-11-12-20-61(60)68(62)66)71(53-30-25-48(26-31-53)46(3)4)54-35-39-57(40-36-54)73(8,9)10/h11-46H,1-10H3. The lowest BCUT2D eigenvalue weighted by molar-refractivity contribution is 0.795. The molecule has 0 amide bonds. The predicted octanol–water partition coefficient (Wildman–Crippen LogP) is 18.6. The van der Waals surface area contributed by atoms with Gasteiger partial charge in [-0.25, -0.2) is 0 Å². The van der Waals surface area contributed by atoms with Gasteiger partial charge in [0.2, 0.25) is 0 Å². The fraction of sp³-hybridized carbons (Fsp3) is 0.188. The van der Waals surface area contributed by atoms with Crippen molar-refractivity contribution in [3.05, 3.63) is 240 Å². The highest BCUT2D eigenvalue weighted by atomic mass is 28.3. The van der Waals surface area contributed by atoms with Crippen LogP contribution >= 0.6 is 0 Å². The zero-order valence-corrected chi connectivity index (χ0v) is 46.2. The molecule has 4 heteroatoms. The predicted molar refractivity (Wildman–Crippen MR) is 321 cm³/mol. The van der Waals surface area contributed by atoms with Crippen molar-refractivity contribution in [3.63, 3.8) is 0 Å². The molecule has 2 nitrogen and oxygen atoms in total. The SMILES string of the molecule is CC(C)c1ccc(N(c2ccc([Si](C)(C)C)cc2)c2ccc3cc4c(cc3c2)C2(c3ccccc3-c3ccccc32)c2cc(N(c3ccc(C(C)C)cc3)c3ccc([Si](C)(C)C)cc3)c3ccccc3c2-4)cc1. The number of hydrogen-bond donors (Lipinski definition) is 0. The molecule has 0 unspecified atom stereocenters. The number of rotatable bonds is 10. The number of benzene rings is 10. The van der Waals surface area contributed by atoms with Crippen LogP contribution in [0.4, 0.5) is 34.1 Å². The number of fused-ring (bicyclic) bond motifs is 13. The second kappa shape index (κ2) is 17.5. The fourth-order valence-electron chi connectivity index (χ4n) is 12.1. The van der Waals surface area contributed by atoms with E-state index < -0.39 is 21.6 Å². The van der Waals surface area contributed by atoms with Crippen LogP contribution in [-0.2, 0) is 5.41 Å². The van der Waals surface area contributed by atoms with Crippen LogP contribution in [0.1, 0.15) is 72.9 Å². The maximum Gasteiger partial charge on any atom is 0.0775 e. The molecule has 0 radical (unpaired) electrons. The third-order valence-electron chi connectivity index (χ3n) is 16.1. The van der Waals surface area contributed by atoms with Crippen molar-refractivity contribution < 1.29 is 0 Å². The van der Waals surface area contributed by atoms with Crippen LogP contribution in [-0.4, -0.2) is 16.1 Å². The normalized spacial score (nSPS) is 13.4. The van der Waals surface area contributed by atoms with Crippen molar-refractivity contribution >= 4 is 82.2 Å². The summed E-state index contributed by atoms with van der Waals surface area (Å²) in [5.74, 6) is 0.893. The molecule has 0 heterocycles. The number of nitrogens with zero attached hydrogens (tertiary/aromatic N) is 2. The first-order valence-corrected chi connectivity index (χ1v) is 33.5. The smallest absolute Gasteiger partial charge is 0.0775 e. The van der Waals surface area contributed by atoms with E-state index in [1.165, 1.54) is 98.9 Å². The first-order valence-electron chi connectivity index (χ1n) is 26.5. The Kier molecular flexibility index (Phi) is 11.2. The topological polar surface area (TPSA) is 6.48 Å². The van der Waals surface area contributed by atoms with Gasteiger partial charge in [-0.1, -0.05) is 205 Å². The molecule has 2 aliphatic carbocycles. The minimum Gasteiger partial charge on any atom is -0.310 e. The largest absolute Gasteiger partial charge is 0.310 e. The summed E-state index contributed by atoms with van der Waals surface area (Å²) >= 11 is 0. The summed E-state index contributed by atoms with van der Waals surface area (Å²) in [6.07, 6.45) is 0.